The lowest BCUT2D eigenvalue weighted by molar-refractivity contribution is 0.818. The molecule has 0 amide bonds. The van der Waals surface area contributed by atoms with Crippen LogP contribution in [0.1, 0.15) is 0 Å². The average Bonchev–Trinajstić information content (AvgIpc) is 3.80. The van der Waals surface area contributed by atoms with E-state index in [1.54, 1.807) is 0 Å². The summed E-state index contributed by atoms with van der Waals surface area (Å²) in [7, 11) is 0. The van der Waals surface area contributed by atoms with E-state index in [-0.39, 0.29) is 0 Å². The molecule has 2 heterocycles. The fourth-order valence-corrected chi connectivity index (χ4v) is 5.15. The Kier molecular flexibility index (Phi) is 8.23. The minimum absolute atomic E-state index is 1.01. The largest absolute Gasteiger partial charge is 0.220 e. The summed E-state index contributed by atoms with van der Waals surface area (Å²) >= 11 is 0. The first kappa shape index (κ1) is 28.2. The molecule has 0 N–H and O–H groups in total. The normalized spacial score (nSPS) is 13.7. The zero-order chi connectivity index (χ0) is 31.0. The van der Waals surface area contributed by atoms with Gasteiger partial charge in [-0.3, -0.25) is 0 Å². The highest BCUT2D eigenvalue weighted by Crippen LogP contribution is 2.32. The van der Waals surface area contributed by atoms with Crippen LogP contribution in [0.2, 0.25) is 0 Å². The van der Waals surface area contributed by atoms with Crippen molar-refractivity contribution in [1.82, 2.24) is 0 Å². The number of para-hydroxylation sites is 6. The lowest BCUT2D eigenvalue weighted by atomic mass is 10.3. The molecule has 0 fully saturated rings. The molecule has 8 heteroatoms. The minimum Gasteiger partial charge on any atom is -0.220 e. The quantitative estimate of drug-likeness (QED) is 0.191. The van der Waals surface area contributed by atoms with Gasteiger partial charge in [0.25, 0.3) is 0 Å². The van der Waals surface area contributed by atoms with Crippen molar-refractivity contribution >= 4 is 46.8 Å². The Morgan fingerprint density at radius 3 is 0.783 bits per heavy atom. The van der Waals surface area contributed by atoms with E-state index < -0.39 is 0 Å². The SMILES string of the molecule is C1=NN(c2ccccc2)N(c2ccccc2)N1c1ccccc1.C1=NN(c2ccccc2)N(c2ccccc2)N1c1ccccc1. The summed E-state index contributed by atoms with van der Waals surface area (Å²) in [6, 6.07) is 61.0. The third kappa shape index (κ3) is 5.95. The van der Waals surface area contributed by atoms with Crippen LogP contribution in [-0.4, -0.2) is 12.7 Å². The average molecular weight is 601 g/mol. The summed E-state index contributed by atoms with van der Waals surface area (Å²) in [5.41, 5.74) is 6.20. The van der Waals surface area contributed by atoms with Gasteiger partial charge in [-0.25, -0.2) is 10.0 Å². The third-order valence-corrected chi connectivity index (χ3v) is 7.30. The summed E-state index contributed by atoms with van der Waals surface area (Å²) in [4.78, 5) is 0. The van der Waals surface area contributed by atoms with Crippen LogP contribution < -0.4 is 30.5 Å². The van der Waals surface area contributed by atoms with Crippen molar-refractivity contribution in [3.8, 4) is 0 Å². The second kappa shape index (κ2) is 13.4. The summed E-state index contributed by atoms with van der Waals surface area (Å²) in [5.74, 6) is 0. The Morgan fingerprint density at radius 2 is 0.500 bits per heavy atom. The standard InChI is InChI=1S/2C19H16N4/c2*1-4-10-17(11-5-1)21-16-20-22(18-12-6-2-7-13-18)23(21)19-14-8-3-9-15-19/h2*1-16H. The minimum atomic E-state index is 1.01. The Balaban J connectivity index is 0.000000147. The van der Waals surface area contributed by atoms with Gasteiger partial charge in [-0.05, 0) is 72.8 Å². The van der Waals surface area contributed by atoms with Crippen LogP contribution in [0.3, 0.4) is 0 Å². The predicted octanol–water partition coefficient (Wildman–Crippen LogP) is 8.59. The number of benzene rings is 6. The highest BCUT2D eigenvalue weighted by molar-refractivity contribution is 5.89. The highest BCUT2D eigenvalue weighted by atomic mass is 16.0. The number of anilines is 6. The van der Waals surface area contributed by atoms with E-state index in [9.17, 15) is 0 Å². The maximum atomic E-state index is 4.58. The molecule has 0 spiro atoms. The smallest absolute Gasteiger partial charge is 0.140 e. The Labute approximate surface area is 269 Å². The Morgan fingerprint density at radius 1 is 0.261 bits per heavy atom. The van der Waals surface area contributed by atoms with Gasteiger partial charge in [-0.2, -0.15) is 20.5 Å². The molecule has 0 saturated heterocycles. The van der Waals surface area contributed by atoms with Gasteiger partial charge >= 0.3 is 0 Å². The summed E-state index contributed by atoms with van der Waals surface area (Å²) < 4.78 is 0. The second-order valence-electron chi connectivity index (χ2n) is 10.3. The van der Waals surface area contributed by atoms with Crippen molar-refractivity contribution in [3.05, 3.63) is 182 Å². The Hall–Kier alpha value is -6.54. The van der Waals surface area contributed by atoms with E-state index in [4.69, 9.17) is 0 Å². The van der Waals surface area contributed by atoms with Gasteiger partial charge in [-0.1, -0.05) is 109 Å². The van der Waals surface area contributed by atoms with Crippen LogP contribution in [0.25, 0.3) is 0 Å². The van der Waals surface area contributed by atoms with Gasteiger partial charge in [0.05, 0.1) is 34.1 Å². The maximum absolute atomic E-state index is 4.58. The van der Waals surface area contributed by atoms with Crippen molar-refractivity contribution < 1.29 is 0 Å². The molecule has 2 aliphatic heterocycles. The van der Waals surface area contributed by atoms with Crippen LogP contribution in [-0.2, 0) is 0 Å². The molecule has 224 valence electrons. The van der Waals surface area contributed by atoms with Crippen LogP contribution in [0.4, 0.5) is 34.1 Å². The molecule has 2 aliphatic rings. The van der Waals surface area contributed by atoms with E-state index in [1.807, 2.05) is 177 Å². The van der Waals surface area contributed by atoms with Crippen LogP contribution in [0, 0.1) is 0 Å². The Bertz CT molecular complexity index is 1620. The van der Waals surface area contributed by atoms with Crippen molar-refractivity contribution in [2.45, 2.75) is 0 Å². The van der Waals surface area contributed by atoms with Crippen LogP contribution >= 0.6 is 0 Å². The first-order chi connectivity index (χ1) is 22.9. The number of hydrogen-bond acceptors (Lipinski definition) is 8. The molecule has 0 bridgehead atoms. The third-order valence-electron chi connectivity index (χ3n) is 7.30. The molecule has 0 aliphatic carbocycles. The number of hydrazone groups is 2. The molecular weight excluding hydrogens is 568 g/mol. The monoisotopic (exact) mass is 600 g/mol. The molecule has 46 heavy (non-hydrogen) atoms. The van der Waals surface area contributed by atoms with Gasteiger partial charge in [0, 0.05) is 0 Å². The number of hydrazine groups is 4. The van der Waals surface area contributed by atoms with Crippen LogP contribution in [0.5, 0.6) is 0 Å². The van der Waals surface area contributed by atoms with Crippen molar-refractivity contribution in [2.75, 3.05) is 30.5 Å². The molecule has 6 aromatic rings. The van der Waals surface area contributed by atoms with E-state index in [0.29, 0.717) is 0 Å². The van der Waals surface area contributed by atoms with Crippen LogP contribution in [0.15, 0.2) is 192 Å². The zero-order valence-electron chi connectivity index (χ0n) is 25.1. The first-order valence-corrected chi connectivity index (χ1v) is 15.0. The fraction of sp³-hybridized carbons (Fsp3) is 0. The topological polar surface area (TPSA) is 44.2 Å². The van der Waals surface area contributed by atoms with Gasteiger partial charge in [0.15, 0.2) is 0 Å². The van der Waals surface area contributed by atoms with Crippen molar-refractivity contribution in [1.29, 1.82) is 0 Å². The summed E-state index contributed by atoms with van der Waals surface area (Å²) in [6.07, 6.45) is 3.66. The fourth-order valence-electron chi connectivity index (χ4n) is 5.15. The molecule has 8 nitrogen and oxygen atoms in total. The van der Waals surface area contributed by atoms with E-state index in [1.165, 1.54) is 0 Å². The number of hydrogen-bond donors (Lipinski definition) is 0. The highest BCUT2D eigenvalue weighted by Gasteiger charge is 2.29. The second-order valence-corrected chi connectivity index (χ2v) is 10.3. The van der Waals surface area contributed by atoms with E-state index >= 15 is 0 Å². The van der Waals surface area contributed by atoms with Gasteiger partial charge in [-0.15, -0.1) is 10.2 Å². The molecule has 0 atom stereocenters. The zero-order valence-corrected chi connectivity index (χ0v) is 25.1. The van der Waals surface area contributed by atoms with Crippen molar-refractivity contribution in [3.63, 3.8) is 0 Å². The van der Waals surface area contributed by atoms with E-state index in [0.717, 1.165) is 34.1 Å². The molecule has 6 aromatic carbocycles. The van der Waals surface area contributed by atoms with Gasteiger partial charge in [0.2, 0.25) is 0 Å². The molecule has 8 rings (SSSR count). The molecule has 0 radical (unpaired) electrons. The molecule has 0 saturated carbocycles. The lowest BCUT2D eigenvalue weighted by Crippen LogP contribution is -2.46. The molecule has 0 unspecified atom stereocenters. The number of rotatable bonds is 6. The predicted molar refractivity (Wildman–Crippen MR) is 191 cm³/mol. The molecule has 0 aromatic heterocycles. The van der Waals surface area contributed by atoms with Gasteiger partial charge in [0.1, 0.15) is 12.7 Å². The molecular formula is C38H32N8. The van der Waals surface area contributed by atoms with Crippen molar-refractivity contribution in [2.24, 2.45) is 10.2 Å². The summed E-state index contributed by atoms with van der Waals surface area (Å²) in [5, 5.41) is 21.1. The lowest BCUT2D eigenvalue weighted by Gasteiger charge is -2.34. The summed E-state index contributed by atoms with van der Waals surface area (Å²) in [6.45, 7) is 0. The number of nitrogens with zero attached hydrogens (tertiary/aromatic N) is 8. The van der Waals surface area contributed by atoms with E-state index in [2.05, 4.69) is 58.7 Å². The maximum Gasteiger partial charge on any atom is 0.140 e. The first-order valence-electron chi connectivity index (χ1n) is 15.0. The van der Waals surface area contributed by atoms with Gasteiger partial charge < -0.3 is 0 Å².